The number of H-pyrrole nitrogens is 1. The standard InChI is InChI=1S/C18H21FN4O3S/c1-23(2)8-9-26-16-11-20-7-6-13(16)10-22-27(24,25)17-12-21-15-5-3-4-14(19)18(15)17/h3-7,11-12,21-22H,8-10H2,1-2H3. The molecule has 2 aromatic heterocycles. The maximum absolute atomic E-state index is 14.1. The number of benzene rings is 1. The Balaban J connectivity index is 1.78. The number of pyridine rings is 1. The highest BCUT2D eigenvalue weighted by Gasteiger charge is 2.21. The van der Waals surface area contributed by atoms with Crippen LogP contribution in [0.2, 0.25) is 0 Å². The summed E-state index contributed by atoms with van der Waals surface area (Å²) in [7, 11) is -0.0554. The normalized spacial score (nSPS) is 12.0. The minimum absolute atomic E-state index is 0.00325. The molecule has 144 valence electrons. The predicted molar refractivity (Wildman–Crippen MR) is 101 cm³/mol. The maximum Gasteiger partial charge on any atom is 0.243 e. The molecular formula is C18H21FN4O3S. The number of sulfonamides is 1. The van der Waals surface area contributed by atoms with Crippen molar-refractivity contribution in [2.24, 2.45) is 0 Å². The third kappa shape index (κ3) is 4.44. The lowest BCUT2D eigenvalue weighted by atomic mass is 10.2. The van der Waals surface area contributed by atoms with Crippen molar-refractivity contribution in [3.8, 4) is 5.75 Å². The molecule has 27 heavy (non-hydrogen) atoms. The number of ether oxygens (including phenoxy) is 1. The Hall–Kier alpha value is -2.49. The molecule has 0 aliphatic heterocycles. The summed E-state index contributed by atoms with van der Waals surface area (Å²) in [5, 5.41) is 0.0437. The summed E-state index contributed by atoms with van der Waals surface area (Å²) in [6.45, 7) is 1.17. The smallest absolute Gasteiger partial charge is 0.243 e. The van der Waals surface area contributed by atoms with E-state index in [0.717, 1.165) is 0 Å². The number of aromatic nitrogens is 2. The first kappa shape index (κ1) is 19.3. The molecule has 0 unspecified atom stereocenters. The summed E-state index contributed by atoms with van der Waals surface area (Å²) in [6, 6.07) is 6.06. The van der Waals surface area contributed by atoms with Crippen molar-refractivity contribution in [3.05, 3.63) is 54.2 Å². The summed E-state index contributed by atoms with van der Waals surface area (Å²) >= 11 is 0. The van der Waals surface area contributed by atoms with Gasteiger partial charge in [0.25, 0.3) is 0 Å². The average Bonchev–Trinajstić information content (AvgIpc) is 3.07. The van der Waals surface area contributed by atoms with Crippen LogP contribution >= 0.6 is 0 Å². The fourth-order valence-electron chi connectivity index (χ4n) is 2.60. The van der Waals surface area contributed by atoms with E-state index in [1.807, 2.05) is 19.0 Å². The van der Waals surface area contributed by atoms with E-state index < -0.39 is 15.8 Å². The van der Waals surface area contributed by atoms with E-state index in [9.17, 15) is 12.8 Å². The van der Waals surface area contributed by atoms with Crippen LogP contribution in [0.25, 0.3) is 10.9 Å². The second kappa shape index (κ2) is 8.03. The summed E-state index contributed by atoms with van der Waals surface area (Å²) in [5.74, 6) is -0.0853. The molecule has 0 amide bonds. The number of rotatable bonds is 8. The van der Waals surface area contributed by atoms with Crippen molar-refractivity contribution >= 4 is 20.9 Å². The summed E-state index contributed by atoms with van der Waals surface area (Å²) in [4.78, 5) is 8.66. The Morgan fingerprint density at radius 1 is 1.30 bits per heavy atom. The van der Waals surface area contributed by atoms with Gasteiger partial charge in [-0.3, -0.25) is 4.98 Å². The van der Waals surface area contributed by atoms with Gasteiger partial charge < -0.3 is 14.6 Å². The Morgan fingerprint density at radius 3 is 2.89 bits per heavy atom. The molecule has 0 fully saturated rings. The highest BCUT2D eigenvalue weighted by molar-refractivity contribution is 7.89. The van der Waals surface area contributed by atoms with Crippen LogP contribution in [0.3, 0.4) is 0 Å². The third-order valence-electron chi connectivity index (χ3n) is 4.03. The number of halogens is 1. The minimum atomic E-state index is -3.92. The highest BCUT2D eigenvalue weighted by Crippen LogP contribution is 2.26. The van der Waals surface area contributed by atoms with Crippen LogP contribution in [-0.2, 0) is 16.6 Å². The summed E-state index contributed by atoms with van der Waals surface area (Å²) < 4.78 is 47.7. The van der Waals surface area contributed by atoms with E-state index >= 15 is 0 Å². The second-order valence-electron chi connectivity index (χ2n) is 6.28. The third-order valence-corrected chi connectivity index (χ3v) is 5.45. The van der Waals surface area contributed by atoms with E-state index in [4.69, 9.17) is 4.74 Å². The number of likely N-dealkylation sites (N-methyl/N-ethyl adjacent to an activating group) is 1. The van der Waals surface area contributed by atoms with Gasteiger partial charge in [0.2, 0.25) is 10.0 Å². The number of fused-ring (bicyclic) bond motifs is 1. The van der Waals surface area contributed by atoms with Gasteiger partial charge in [-0.15, -0.1) is 0 Å². The zero-order valence-corrected chi connectivity index (χ0v) is 15.9. The van der Waals surface area contributed by atoms with Crippen molar-refractivity contribution in [2.75, 3.05) is 27.2 Å². The second-order valence-corrected chi connectivity index (χ2v) is 8.01. The molecule has 2 heterocycles. The van der Waals surface area contributed by atoms with Crippen LogP contribution in [0, 0.1) is 5.82 Å². The zero-order valence-electron chi connectivity index (χ0n) is 15.1. The van der Waals surface area contributed by atoms with Crippen molar-refractivity contribution < 1.29 is 17.5 Å². The molecule has 0 radical (unpaired) electrons. The van der Waals surface area contributed by atoms with Crippen LogP contribution in [-0.4, -0.2) is 50.5 Å². The molecule has 1 aromatic carbocycles. The van der Waals surface area contributed by atoms with Crippen molar-refractivity contribution in [1.29, 1.82) is 0 Å². The van der Waals surface area contributed by atoms with Gasteiger partial charge in [0.1, 0.15) is 23.1 Å². The van der Waals surface area contributed by atoms with Crippen LogP contribution in [0.1, 0.15) is 5.56 Å². The van der Waals surface area contributed by atoms with Gasteiger partial charge in [0.15, 0.2) is 0 Å². The molecule has 2 N–H and O–H groups in total. The Kier molecular flexibility index (Phi) is 5.73. The molecule has 0 spiro atoms. The van der Waals surface area contributed by atoms with Gasteiger partial charge in [0.05, 0.1) is 11.6 Å². The van der Waals surface area contributed by atoms with E-state index in [1.165, 1.54) is 18.3 Å². The minimum Gasteiger partial charge on any atom is -0.490 e. The Bertz CT molecular complexity index is 1030. The first-order chi connectivity index (χ1) is 12.9. The van der Waals surface area contributed by atoms with E-state index in [-0.39, 0.29) is 16.8 Å². The first-order valence-corrected chi connectivity index (χ1v) is 9.82. The van der Waals surface area contributed by atoms with Gasteiger partial charge in [-0.2, -0.15) is 0 Å². The van der Waals surface area contributed by atoms with Gasteiger partial charge in [0, 0.05) is 36.6 Å². The van der Waals surface area contributed by atoms with Gasteiger partial charge in [-0.25, -0.2) is 17.5 Å². The molecule has 0 bridgehead atoms. The van der Waals surface area contributed by atoms with Crippen LogP contribution in [0.4, 0.5) is 4.39 Å². The number of aromatic amines is 1. The van der Waals surface area contributed by atoms with Crippen molar-refractivity contribution in [3.63, 3.8) is 0 Å². The SMILES string of the molecule is CN(C)CCOc1cnccc1CNS(=O)(=O)c1c[nH]c2cccc(F)c12. The lowest BCUT2D eigenvalue weighted by Gasteiger charge is -2.14. The lowest BCUT2D eigenvalue weighted by molar-refractivity contribution is 0.258. The van der Waals surface area contributed by atoms with E-state index in [2.05, 4.69) is 14.7 Å². The Labute approximate surface area is 157 Å². The van der Waals surface area contributed by atoms with Gasteiger partial charge in [-0.05, 0) is 32.3 Å². The zero-order chi connectivity index (χ0) is 19.4. The number of hydrogen-bond donors (Lipinski definition) is 2. The first-order valence-electron chi connectivity index (χ1n) is 8.34. The number of hydrogen-bond acceptors (Lipinski definition) is 5. The molecule has 7 nitrogen and oxygen atoms in total. The summed E-state index contributed by atoms with van der Waals surface area (Å²) in [5.41, 5.74) is 1.07. The molecule has 3 aromatic rings. The van der Waals surface area contributed by atoms with Crippen LogP contribution in [0.5, 0.6) is 5.75 Å². The molecule has 9 heteroatoms. The van der Waals surface area contributed by atoms with Crippen LogP contribution < -0.4 is 9.46 Å². The fraction of sp³-hybridized carbons (Fsp3) is 0.278. The molecule has 0 aliphatic carbocycles. The molecule has 0 atom stereocenters. The summed E-state index contributed by atoms with van der Waals surface area (Å²) in [6.07, 6.45) is 4.40. The van der Waals surface area contributed by atoms with E-state index in [0.29, 0.717) is 30.0 Å². The maximum atomic E-state index is 14.1. The Morgan fingerprint density at radius 2 is 2.11 bits per heavy atom. The molecule has 0 saturated heterocycles. The predicted octanol–water partition coefficient (Wildman–Crippen LogP) is 2.12. The molecule has 0 saturated carbocycles. The van der Waals surface area contributed by atoms with Gasteiger partial charge >= 0.3 is 0 Å². The largest absolute Gasteiger partial charge is 0.490 e. The quantitative estimate of drug-likeness (QED) is 0.613. The number of nitrogens with one attached hydrogen (secondary N) is 2. The van der Waals surface area contributed by atoms with Crippen molar-refractivity contribution in [2.45, 2.75) is 11.4 Å². The highest BCUT2D eigenvalue weighted by atomic mass is 32.2. The van der Waals surface area contributed by atoms with Crippen LogP contribution in [0.15, 0.2) is 47.8 Å². The number of nitrogens with zero attached hydrogens (tertiary/aromatic N) is 2. The van der Waals surface area contributed by atoms with Crippen molar-refractivity contribution in [1.82, 2.24) is 19.6 Å². The molecule has 3 rings (SSSR count). The fourth-order valence-corrected chi connectivity index (χ4v) is 3.79. The lowest BCUT2D eigenvalue weighted by Crippen LogP contribution is -2.24. The van der Waals surface area contributed by atoms with E-state index in [1.54, 1.807) is 24.5 Å². The average molecular weight is 392 g/mol. The molecular weight excluding hydrogens is 371 g/mol. The monoisotopic (exact) mass is 392 g/mol. The molecule has 0 aliphatic rings. The topological polar surface area (TPSA) is 87.3 Å². The van der Waals surface area contributed by atoms with Gasteiger partial charge in [-0.1, -0.05) is 6.07 Å².